The lowest BCUT2D eigenvalue weighted by atomic mass is 9.87. The van der Waals surface area contributed by atoms with Crippen LogP contribution in [-0.4, -0.2) is 10.2 Å². The first-order valence-corrected chi connectivity index (χ1v) is 5.92. The number of aromatic nitrogens is 2. The zero-order valence-corrected chi connectivity index (χ0v) is 10.9. The Kier molecular flexibility index (Phi) is 3.19. The van der Waals surface area contributed by atoms with E-state index < -0.39 is 0 Å². The van der Waals surface area contributed by atoms with Gasteiger partial charge in [0.1, 0.15) is 5.82 Å². The molecule has 4 nitrogen and oxygen atoms in total. The summed E-state index contributed by atoms with van der Waals surface area (Å²) in [5.74, 6) is 1.11. The summed E-state index contributed by atoms with van der Waals surface area (Å²) in [6.07, 6.45) is 0. The number of nitrogens with one attached hydrogen (secondary N) is 1. The molecular weight excluding hydrogens is 224 g/mol. The summed E-state index contributed by atoms with van der Waals surface area (Å²) >= 11 is 0. The zero-order valence-electron chi connectivity index (χ0n) is 10.9. The average molecular weight is 242 g/mol. The third kappa shape index (κ3) is 2.97. The summed E-state index contributed by atoms with van der Waals surface area (Å²) in [5, 5.41) is 10.9. The van der Waals surface area contributed by atoms with Crippen LogP contribution in [0.2, 0.25) is 0 Å². The Morgan fingerprint density at radius 3 is 2.11 bits per heavy atom. The molecule has 0 amide bonds. The number of rotatable bonds is 2. The number of hydrogen-bond acceptors (Lipinski definition) is 4. The molecule has 1 heterocycles. The molecule has 0 fully saturated rings. The van der Waals surface area contributed by atoms with Gasteiger partial charge in [0.05, 0.1) is 0 Å². The summed E-state index contributed by atoms with van der Waals surface area (Å²) in [6.45, 7) is 6.59. The molecule has 0 saturated heterocycles. The van der Waals surface area contributed by atoms with Crippen molar-refractivity contribution in [2.45, 2.75) is 26.2 Å². The van der Waals surface area contributed by atoms with Crippen LogP contribution in [0.5, 0.6) is 0 Å². The third-order valence-corrected chi connectivity index (χ3v) is 2.71. The topological polar surface area (TPSA) is 63.8 Å². The lowest BCUT2D eigenvalue weighted by Crippen LogP contribution is -2.10. The summed E-state index contributed by atoms with van der Waals surface area (Å²) in [6, 6.07) is 11.8. The second kappa shape index (κ2) is 4.64. The van der Waals surface area contributed by atoms with E-state index in [4.69, 9.17) is 5.73 Å². The van der Waals surface area contributed by atoms with Crippen molar-refractivity contribution in [3.8, 4) is 0 Å². The van der Waals surface area contributed by atoms with Gasteiger partial charge in [0.2, 0.25) is 0 Å². The highest BCUT2D eigenvalue weighted by Gasteiger charge is 2.12. The van der Waals surface area contributed by atoms with Gasteiger partial charge in [-0.3, -0.25) is 0 Å². The number of benzene rings is 1. The Morgan fingerprint density at radius 1 is 0.944 bits per heavy atom. The van der Waals surface area contributed by atoms with E-state index in [1.54, 1.807) is 12.1 Å². The monoisotopic (exact) mass is 242 g/mol. The molecule has 0 saturated carbocycles. The Labute approximate surface area is 107 Å². The fourth-order valence-corrected chi connectivity index (χ4v) is 1.61. The summed E-state index contributed by atoms with van der Waals surface area (Å²) in [4.78, 5) is 0. The molecule has 1 aromatic carbocycles. The largest absolute Gasteiger partial charge is 0.382 e. The second-order valence-corrected chi connectivity index (χ2v) is 5.30. The van der Waals surface area contributed by atoms with Crippen LogP contribution in [0.15, 0.2) is 36.4 Å². The molecule has 0 spiro atoms. The molecule has 0 aliphatic carbocycles. The molecule has 2 aromatic rings. The van der Waals surface area contributed by atoms with E-state index in [-0.39, 0.29) is 5.41 Å². The highest BCUT2D eigenvalue weighted by molar-refractivity contribution is 5.56. The molecule has 94 valence electrons. The summed E-state index contributed by atoms with van der Waals surface area (Å²) in [5.41, 5.74) is 7.94. The quantitative estimate of drug-likeness (QED) is 0.849. The van der Waals surface area contributed by atoms with Gasteiger partial charge in [0, 0.05) is 5.69 Å². The number of anilines is 3. The van der Waals surface area contributed by atoms with Crippen LogP contribution >= 0.6 is 0 Å². The number of nitrogen functional groups attached to an aromatic ring is 1. The highest BCUT2D eigenvalue weighted by atomic mass is 15.2. The molecule has 0 unspecified atom stereocenters. The summed E-state index contributed by atoms with van der Waals surface area (Å²) in [7, 11) is 0. The SMILES string of the molecule is CC(C)(C)c1ccc(Nc2ccc(N)nn2)cc1. The molecule has 0 aliphatic heterocycles. The van der Waals surface area contributed by atoms with E-state index in [0.717, 1.165) is 5.69 Å². The molecule has 0 radical (unpaired) electrons. The van der Waals surface area contributed by atoms with Crippen LogP contribution < -0.4 is 11.1 Å². The van der Waals surface area contributed by atoms with Crippen molar-refractivity contribution in [3.05, 3.63) is 42.0 Å². The van der Waals surface area contributed by atoms with Gasteiger partial charge < -0.3 is 11.1 Å². The van der Waals surface area contributed by atoms with Gasteiger partial charge in [-0.1, -0.05) is 32.9 Å². The second-order valence-electron chi connectivity index (χ2n) is 5.30. The van der Waals surface area contributed by atoms with E-state index in [2.05, 4.69) is 48.4 Å². The first-order valence-electron chi connectivity index (χ1n) is 5.92. The number of nitrogens with two attached hydrogens (primary N) is 1. The zero-order chi connectivity index (χ0) is 13.2. The minimum Gasteiger partial charge on any atom is -0.382 e. The molecule has 1 aromatic heterocycles. The van der Waals surface area contributed by atoms with Crippen molar-refractivity contribution in [3.63, 3.8) is 0 Å². The lowest BCUT2D eigenvalue weighted by molar-refractivity contribution is 0.590. The standard InChI is InChI=1S/C14H18N4/c1-14(2,3)10-4-6-11(7-5-10)16-13-9-8-12(15)17-18-13/h4-9H,1-3H3,(H2,15,17)(H,16,18). The smallest absolute Gasteiger partial charge is 0.153 e. The molecular formula is C14H18N4. The van der Waals surface area contributed by atoms with Gasteiger partial charge in [0.25, 0.3) is 0 Å². The van der Waals surface area contributed by atoms with Gasteiger partial charge in [-0.15, -0.1) is 10.2 Å². The van der Waals surface area contributed by atoms with Crippen LogP contribution in [-0.2, 0) is 5.41 Å². The lowest BCUT2D eigenvalue weighted by Gasteiger charge is -2.19. The fourth-order valence-electron chi connectivity index (χ4n) is 1.61. The van der Waals surface area contributed by atoms with Gasteiger partial charge in [0.15, 0.2) is 5.82 Å². The van der Waals surface area contributed by atoms with Crippen molar-refractivity contribution in [1.82, 2.24) is 10.2 Å². The van der Waals surface area contributed by atoms with Gasteiger partial charge >= 0.3 is 0 Å². The minimum absolute atomic E-state index is 0.166. The van der Waals surface area contributed by atoms with Crippen molar-refractivity contribution in [1.29, 1.82) is 0 Å². The van der Waals surface area contributed by atoms with E-state index in [0.29, 0.717) is 11.6 Å². The Hall–Kier alpha value is -2.10. The molecule has 2 rings (SSSR count). The molecule has 18 heavy (non-hydrogen) atoms. The Bertz CT molecular complexity index is 509. The van der Waals surface area contributed by atoms with Crippen molar-refractivity contribution in [2.24, 2.45) is 0 Å². The summed E-state index contributed by atoms with van der Waals surface area (Å²) < 4.78 is 0. The van der Waals surface area contributed by atoms with Crippen LogP contribution in [0, 0.1) is 0 Å². The number of hydrogen-bond donors (Lipinski definition) is 2. The molecule has 4 heteroatoms. The molecule has 3 N–H and O–H groups in total. The molecule has 0 aliphatic rings. The average Bonchev–Trinajstić information content (AvgIpc) is 2.32. The van der Waals surface area contributed by atoms with Gasteiger partial charge in [-0.05, 0) is 35.2 Å². The maximum absolute atomic E-state index is 5.49. The van der Waals surface area contributed by atoms with Crippen LogP contribution in [0.1, 0.15) is 26.3 Å². The molecule has 0 bridgehead atoms. The fraction of sp³-hybridized carbons (Fsp3) is 0.286. The normalized spacial score (nSPS) is 11.3. The number of nitrogens with zero attached hydrogens (tertiary/aromatic N) is 2. The Balaban J connectivity index is 2.13. The van der Waals surface area contributed by atoms with Gasteiger partial charge in [-0.25, -0.2) is 0 Å². The third-order valence-electron chi connectivity index (χ3n) is 2.71. The first kappa shape index (κ1) is 12.4. The highest BCUT2D eigenvalue weighted by Crippen LogP contribution is 2.24. The van der Waals surface area contributed by atoms with Crippen LogP contribution in [0.4, 0.5) is 17.3 Å². The van der Waals surface area contributed by atoms with Gasteiger partial charge in [-0.2, -0.15) is 0 Å². The van der Waals surface area contributed by atoms with Crippen molar-refractivity contribution < 1.29 is 0 Å². The molecule has 0 atom stereocenters. The predicted molar refractivity (Wildman–Crippen MR) is 74.9 cm³/mol. The van der Waals surface area contributed by atoms with Crippen LogP contribution in [0.25, 0.3) is 0 Å². The van der Waals surface area contributed by atoms with E-state index >= 15 is 0 Å². The van der Waals surface area contributed by atoms with E-state index in [1.807, 2.05) is 12.1 Å². The first-order chi connectivity index (χ1) is 8.45. The van der Waals surface area contributed by atoms with E-state index in [1.165, 1.54) is 5.56 Å². The van der Waals surface area contributed by atoms with Crippen LogP contribution in [0.3, 0.4) is 0 Å². The van der Waals surface area contributed by atoms with E-state index in [9.17, 15) is 0 Å². The Morgan fingerprint density at radius 2 is 1.61 bits per heavy atom. The predicted octanol–water partition coefficient (Wildman–Crippen LogP) is 3.10. The maximum atomic E-state index is 5.49. The van der Waals surface area contributed by atoms with Crippen molar-refractivity contribution in [2.75, 3.05) is 11.1 Å². The van der Waals surface area contributed by atoms with Crippen molar-refractivity contribution >= 4 is 17.3 Å². The minimum atomic E-state index is 0.166. The maximum Gasteiger partial charge on any atom is 0.153 e.